The van der Waals surface area contributed by atoms with Crippen molar-refractivity contribution in [3.8, 4) is 0 Å². The van der Waals surface area contributed by atoms with Crippen LogP contribution in [0.2, 0.25) is 0 Å². The zero-order chi connectivity index (χ0) is 8.91. The lowest BCUT2D eigenvalue weighted by atomic mass is 9.96. The maximum absolute atomic E-state index is 11.1. The molecule has 0 heterocycles. The molecule has 0 aromatic rings. The van der Waals surface area contributed by atoms with E-state index in [4.69, 9.17) is 0 Å². The molecular weight excluding hydrogens is 140 g/mol. The molecule has 0 fully saturated rings. The van der Waals surface area contributed by atoms with Crippen LogP contribution in [0.1, 0.15) is 34.1 Å². The van der Waals surface area contributed by atoms with E-state index in [-0.39, 0.29) is 11.3 Å². The molecule has 3 nitrogen and oxygen atoms in total. The SMILES string of the molecule is CC/C=N/NC(=O)C(C)(C)C. The average molecular weight is 156 g/mol. The van der Waals surface area contributed by atoms with Gasteiger partial charge in [0.2, 0.25) is 5.91 Å². The van der Waals surface area contributed by atoms with E-state index in [1.165, 1.54) is 0 Å². The van der Waals surface area contributed by atoms with Crippen LogP contribution in [0.3, 0.4) is 0 Å². The summed E-state index contributed by atoms with van der Waals surface area (Å²) < 4.78 is 0. The van der Waals surface area contributed by atoms with Gasteiger partial charge >= 0.3 is 0 Å². The van der Waals surface area contributed by atoms with Gasteiger partial charge in [-0.3, -0.25) is 4.79 Å². The number of amides is 1. The Hall–Kier alpha value is -0.860. The Kier molecular flexibility index (Phi) is 3.79. The second-order valence-electron chi connectivity index (χ2n) is 3.41. The second kappa shape index (κ2) is 4.11. The van der Waals surface area contributed by atoms with Crippen LogP contribution in [-0.4, -0.2) is 12.1 Å². The van der Waals surface area contributed by atoms with Crippen LogP contribution in [0.25, 0.3) is 0 Å². The van der Waals surface area contributed by atoms with Gasteiger partial charge in [0.05, 0.1) is 0 Å². The standard InChI is InChI=1S/C8H16N2O/c1-5-6-9-10-7(11)8(2,3)4/h6H,5H2,1-4H3,(H,10,11)/b9-6+. The Morgan fingerprint density at radius 2 is 2.09 bits per heavy atom. The van der Waals surface area contributed by atoms with Gasteiger partial charge < -0.3 is 0 Å². The first-order chi connectivity index (χ1) is 4.98. The molecule has 0 aliphatic carbocycles. The first-order valence-corrected chi connectivity index (χ1v) is 3.80. The molecule has 1 N–H and O–H groups in total. The summed E-state index contributed by atoms with van der Waals surface area (Å²) in [6, 6.07) is 0. The third kappa shape index (κ3) is 4.53. The Morgan fingerprint density at radius 1 is 1.55 bits per heavy atom. The Bertz CT molecular complexity index is 156. The lowest BCUT2D eigenvalue weighted by Crippen LogP contribution is -2.31. The number of carbonyl (C=O) groups excluding carboxylic acids is 1. The van der Waals surface area contributed by atoms with Crippen molar-refractivity contribution in [3.05, 3.63) is 0 Å². The summed E-state index contributed by atoms with van der Waals surface area (Å²) in [7, 11) is 0. The highest BCUT2D eigenvalue weighted by atomic mass is 16.2. The van der Waals surface area contributed by atoms with E-state index in [2.05, 4.69) is 10.5 Å². The van der Waals surface area contributed by atoms with Gasteiger partial charge in [-0.25, -0.2) is 5.43 Å². The quantitative estimate of drug-likeness (QED) is 0.478. The third-order valence-corrected chi connectivity index (χ3v) is 1.12. The number of carbonyl (C=O) groups is 1. The van der Waals surface area contributed by atoms with Crippen LogP contribution < -0.4 is 5.43 Å². The van der Waals surface area contributed by atoms with Crippen LogP contribution >= 0.6 is 0 Å². The molecule has 0 unspecified atom stereocenters. The molecule has 0 bridgehead atoms. The van der Waals surface area contributed by atoms with Crippen molar-refractivity contribution in [1.82, 2.24) is 5.43 Å². The molecule has 1 amide bonds. The second-order valence-corrected chi connectivity index (χ2v) is 3.41. The minimum Gasteiger partial charge on any atom is -0.273 e. The summed E-state index contributed by atoms with van der Waals surface area (Å²) in [6.07, 6.45) is 2.51. The van der Waals surface area contributed by atoms with Gasteiger partial charge in [-0.2, -0.15) is 5.10 Å². The normalized spacial score (nSPS) is 12.0. The number of hydrogen-bond acceptors (Lipinski definition) is 2. The van der Waals surface area contributed by atoms with Crippen molar-refractivity contribution in [3.63, 3.8) is 0 Å². The number of hydrazone groups is 1. The van der Waals surface area contributed by atoms with Crippen LogP contribution in [0.5, 0.6) is 0 Å². The van der Waals surface area contributed by atoms with E-state index in [0.29, 0.717) is 0 Å². The van der Waals surface area contributed by atoms with Crippen molar-refractivity contribution in [1.29, 1.82) is 0 Å². The maximum Gasteiger partial charge on any atom is 0.245 e. The molecule has 0 saturated carbocycles. The van der Waals surface area contributed by atoms with Crippen molar-refractivity contribution in [2.24, 2.45) is 10.5 Å². The largest absolute Gasteiger partial charge is 0.273 e. The van der Waals surface area contributed by atoms with Crippen LogP contribution in [0.15, 0.2) is 5.10 Å². The number of nitrogens with one attached hydrogen (secondary N) is 1. The summed E-state index contributed by atoms with van der Waals surface area (Å²) in [5.41, 5.74) is 2.10. The molecule has 0 atom stereocenters. The van der Waals surface area contributed by atoms with Crippen molar-refractivity contribution >= 4 is 12.1 Å². The Morgan fingerprint density at radius 3 is 2.45 bits per heavy atom. The first kappa shape index (κ1) is 10.1. The van der Waals surface area contributed by atoms with Gasteiger partial charge in [0.1, 0.15) is 0 Å². The van der Waals surface area contributed by atoms with Gasteiger partial charge in [0.15, 0.2) is 0 Å². The molecule has 0 aromatic carbocycles. The summed E-state index contributed by atoms with van der Waals surface area (Å²) in [5.74, 6) is -0.0535. The maximum atomic E-state index is 11.1. The van der Waals surface area contributed by atoms with Gasteiger partial charge in [-0.05, 0) is 6.42 Å². The van der Waals surface area contributed by atoms with Crippen molar-refractivity contribution in [2.45, 2.75) is 34.1 Å². The zero-order valence-electron chi connectivity index (χ0n) is 7.64. The van der Waals surface area contributed by atoms with E-state index >= 15 is 0 Å². The molecule has 0 rings (SSSR count). The monoisotopic (exact) mass is 156 g/mol. The third-order valence-electron chi connectivity index (χ3n) is 1.12. The predicted molar refractivity (Wildman–Crippen MR) is 46.4 cm³/mol. The Balaban J connectivity index is 3.80. The average Bonchev–Trinajstić information content (AvgIpc) is 1.86. The van der Waals surface area contributed by atoms with Gasteiger partial charge in [0.25, 0.3) is 0 Å². The van der Waals surface area contributed by atoms with Crippen molar-refractivity contribution < 1.29 is 4.79 Å². The molecule has 0 aliphatic heterocycles. The van der Waals surface area contributed by atoms with Crippen LogP contribution in [0.4, 0.5) is 0 Å². The van der Waals surface area contributed by atoms with Gasteiger partial charge in [0, 0.05) is 11.6 Å². The molecule has 0 aromatic heterocycles. The number of nitrogens with zero attached hydrogens (tertiary/aromatic N) is 1. The lowest BCUT2D eigenvalue weighted by Gasteiger charge is -2.14. The summed E-state index contributed by atoms with van der Waals surface area (Å²) in [4.78, 5) is 11.1. The number of rotatable bonds is 2. The molecular formula is C8H16N2O. The highest BCUT2D eigenvalue weighted by Gasteiger charge is 2.20. The summed E-state index contributed by atoms with van der Waals surface area (Å²) in [6.45, 7) is 7.52. The highest BCUT2D eigenvalue weighted by Crippen LogP contribution is 2.11. The van der Waals surface area contributed by atoms with Crippen LogP contribution in [-0.2, 0) is 4.79 Å². The van der Waals surface area contributed by atoms with E-state index in [1.807, 2.05) is 27.7 Å². The van der Waals surface area contributed by atoms with Gasteiger partial charge in [-0.1, -0.05) is 27.7 Å². The Labute approximate surface area is 67.9 Å². The van der Waals surface area contributed by atoms with E-state index in [0.717, 1.165) is 6.42 Å². The zero-order valence-corrected chi connectivity index (χ0v) is 7.64. The minimum absolute atomic E-state index is 0.0535. The highest BCUT2D eigenvalue weighted by molar-refractivity contribution is 5.81. The van der Waals surface area contributed by atoms with E-state index in [9.17, 15) is 4.79 Å². The van der Waals surface area contributed by atoms with E-state index in [1.54, 1.807) is 6.21 Å². The molecule has 0 radical (unpaired) electrons. The van der Waals surface area contributed by atoms with Crippen LogP contribution in [0, 0.1) is 5.41 Å². The lowest BCUT2D eigenvalue weighted by molar-refractivity contribution is -0.128. The first-order valence-electron chi connectivity index (χ1n) is 3.80. The summed E-state index contributed by atoms with van der Waals surface area (Å²) >= 11 is 0. The topological polar surface area (TPSA) is 41.5 Å². The van der Waals surface area contributed by atoms with Crippen molar-refractivity contribution in [2.75, 3.05) is 0 Å². The smallest absolute Gasteiger partial charge is 0.245 e. The van der Waals surface area contributed by atoms with Gasteiger partial charge in [-0.15, -0.1) is 0 Å². The fourth-order valence-electron chi connectivity index (χ4n) is 0.363. The fourth-order valence-corrected chi connectivity index (χ4v) is 0.363. The minimum atomic E-state index is -0.356. The molecule has 0 aliphatic rings. The number of hydrogen-bond donors (Lipinski definition) is 1. The molecule has 3 heteroatoms. The fraction of sp³-hybridized carbons (Fsp3) is 0.750. The summed E-state index contributed by atoms with van der Waals surface area (Å²) in [5, 5.41) is 3.73. The van der Waals surface area contributed by atoms with E-state index < -0.39 is 0 Å². The molecule has 0 spiro atoms. The molecule has 11 heavy (non-hydrogen) atoms. The molecule has 64 valence electrons. The predicted octanol–water partition coefficient (Wildman–Crippen LogP) is 1.54. The molecule has 0 saturated heterocycles.